The van der Waals surface area contributed by atoms with E-state index in [-0.39, 0.29) is 22.9 Å². The van der Waals surface area contributed by atoms with E-state index in [1.165, 1.54) is 26.2 Å². The van der Waals surface area contributed by atoms with Gasteiger partial charge in [0, 0.05) is 11.8 Å². The highest BCUT2D eigenvalue weighted by Gasteiger charge is 2.38. The van der Waals surface area contributed by atoms with Crippen LogP contribution < -0.4 is 14.8 Å². The van der Waals surface area contributed by atoms with Gasteiger partial charge < -0.3 is 14.8 Å². The van der Waals surface area contributed by atoms with Crippen LogP contribution in [0.1, 0.15) is 11.4 Å². The number of ether oxygens (including phenoxy) is 2. The number of hydrogen-bond acceptors (Lipinski definition) is 4. The SMILES string of the molecule is COc1cc(NC(=O)Cn2nc(C(F)(F)F)c(Cl)c2C)ccc1OC(F)F. The number of benzene rings is 1. The fraction of sp³-hybridized carbons (Fsp3) is 0.333. The van der Waals surface area contributed by atoms with Crippen molar-refractivity contribution in [3.8, 4) is 11.5 Å². The predicted octanol–water partition coefficient (Wildman–Crippen LogP) is 4.11. The molecule has 1 heterocycles. The van der Waals surface area contributed by atoms with Crippen LogP contribution in [0.15, 0.2) is 18.2 Å². The number of carbonyl (C=O) groups is 1. The molecule has 0 atom stereocenters. The molecule has 1 amide bonds. The van der Waals surface area contributed by atoms with Gasteiger partial charge in [0.1, 0.15) is 6.54 Å². The molecule has 0 bridgehead atoms. The Kier molecular flexibility index (Phi) is 6.14. The van der Waals surface area contributed by atoms with E-state index in [0.29, 0.717) is 0 Å². The van der Waals surface area contributed by atoms with Crippen LogP contribution in [0.3, 0.4) is 0 Å². The predicted molar refractivity (Wildman–Crippen MR) is 85.2 cm³/mol. The normalized spacial score (nSPS) is 11.6. The minimum absolute atomic E-state index is 0.0302. The van der Waals surface area contributed by atoms with Gasteiger partial charge in [-0.1, -0.05) is 11.6 Å². The van der Waals surface area contributed by atoms with Crippen LogP contribution in [0.25, 0.3) is 0 Å². The van der Waals surface area contributed by atoms with E-state index in [0.717, 1.165) is 10.7 Å². The summed E-state index contributed by atoms with van der Waals surface area (Å²) in [6.07, 6.45) is -4.75. The van der Waals surface area contributed by atoms with Gasteiger partial charge in [0.2, 0.25) is 5.91 Å². The molecule has 0 aliphatic carbocycles. The molecule has 1 aromatic heterocycles. The van der Waals surface area contributed by atoms with Gasteiger partial charge >= 0.3 is 12.8 Å². The average molecular weight is 414 g/mol. The molecular formula is C15H13ClF5N3O3. The van der Waals surface area contributed by atoms with E-state index in [2.05, 4.69) is 15.2 Å². The van der Waals surface area contributed by atoms with Gasteiger partial charge in [0.25, 0.3) is 0 Å². The van der Waals surface area contributed by atoms with Crippen LogP contribution in [0.5, 0.6) is 11.5 Å². The highest BCUT2D eigenvalue weighted by Crippen LogP contribution is 2.35. The van der Waals surface area contributed by atoms with Crippen molar-refractivity contribution < 1.29 is 36.2 Å². The summed E-state index contributed by atoms with van der Waals surface area (Å²) in [5.41, 5.74) is -1.16. The lowest BCUT2D eigenvalue weighted by molar-refractivity contribution is -0.141. The summed E-state index contributed by atoms with van der Waals surface area (Å²) in [4.78, 5) is 12.1. The molecule has 1 aromatic carbocycles. The maximum absolute atomic E-state index is 12.8. The Hall–Kier alpha value is -2.56. The fourth-order valence-corrected chi connectivity index (χ4v) is 2.38. The second-order valence-corrected chi connectivity index (χ2v) is 5.57. The number of methoxy groups -OCH3 is 1. The number of hydrogen-bond donors (Lipinski definition) is 1. The zero-order valence-electron chi connectivity index (χ0n) is 13.9. The van der Waals surface area contributed by atoms with Crippen molar-refractivity contribution in [3.05, 3.63) is 34.6 Å². The Bertz CT molecular complexity index is 839. The summed E-state index contributed by atoms with van der Waals surface area (Å²) in [7, 11) is 1.22. The van der Waals surface area contributed by atoms with Crippen molar-refractivity contribution in [2.45, 2.75) is 26.3 Å². The monoisotopic (exact) mass is 413 g/mol. The van der Waals surface area contributed by atoms with Gasteiger partial charge in [0.05, 0.1) is 17.8 Å². The van der Waals surface area contributed by atoms with Crippen molar-refractivity contribution in [1.29, 1.82) is 0 Å². The molecular weight excluding hydrogens is 401 g/mol. The third kappa shape index (κ3) is 5.00. The standard InChI is InChI=1S/C15H13ClF5N3O3/c1-7-12(16)13(15(19,20)21)23-24(7)6-11(25)22-8-3-4-9(27-14(17)18)10(5-8)26-2/h3-5,14H,6H2,1-2H3,(H,22,25). The summed E-state index contributed by atoms with van der Waals surface area (Å²) < 4.78 is 72.9. The Morgan fingerprint density at radius 2 is 2.00 bits per heavy atom. The van der Waals surface area contributed by atoms with Crippen molar-refractivity contribution in [2.75, 3.05) is 12.4 Å². The highest BCUT2D eigenvalue weighted by atomic mass is 35.5. The van der Waals surface area contributed by atoms with Crippen molar-refractivity contribution in [2.24, 2.45) is 0 Å². The first-order valence-corrected chi connectivity index (χ1v) is 7.63. The lowest BCUT2D eigenvalue weighted by Crippen LogP contribution is -2.21. The summed E-state index contributed by atoms with van der Waals surface area (Å²) in [6.45, 7) is -2.31. The van der Waals surface area contributed by atoms with Crippen LogP contribution in [-0.4, -0.2) is 29.4 Å². The minimum Gasteiger partial charge on any atom is -0.493 e. The van der Waals surface area contributed by atoms with Gasteiger partial charge in [-0.3, -0.25) is 9.48 Å². The van der Waals surface area contributed by atoms with Crippen molar-refractivity contribution >= 4 is 23.2 Å². The van der Waals surface area contributed by atoms with E-state index in [1.54, 1.807) is 0 Å². The largest absolute Gasteiger partial charge is 0.493 e. The van der Waals surface area contributed by atoms with E-state index in [1.807, 2.05) is 0 Å². The first-order chi connectivity index (χ1) is 12.5. The molecule has 0 radical (unpaired) electrons. The molecule has 27 heavy (non-hydrogen) atoms. The van der Waals surface area contributed by atoms with Gasteiger partial charge in [0.15, 0.2) is 17.2 Å². The third-order valence-corrected chi connectivity index (χ3v) is 3.81. The number of carbonyl (C=O) groups excluding carboxylic acids is 1. The topological polar surface area (TPSA) is 65.4 Å². The number of rotatable bonds is 6. The summed E-state index contributed by atoms with van der Waals surface area (Å²) in [6, 6.07) is 3.64. The molecule has 0 fully saturated rings. The Morgan fingerprint density at radius 1 is 1.33 bits per heavy atom. The average Bonchev–Trinajstić information content (AvgIpc) is 2.84. The molecule has 148 valence electrons. The quantitative estimate of drug-likeness (QED) is 0.724. The molecule has 6 nitrogen and oxygen atoms in total. The first kappa shape index (κ1) is 20.7. The molecule has 0 saturated carbocycles. The zero-order valence-corrected chi connectivity index (χ0v) is 14.7. The van der Waals surface area contributed by atoms with Crippen molar-refractivity contribution in [3.63, 3.8) is 0 Å². The van der Waals surface area contributed by atoms with E-state index < -0.39 is 36.0 Å². The summed E-state index contributed by atoms with van der Waals surface area (Å²) in [5, 5.41) is 5.11. The Balaban J connectivity index is 2.15. The zero-order chi connectivity index (χ0) is 20.4. The highest BCUT2D eigenvalue weighted by molar-refractivity contribution is 6.32. The Morgan fingerprint density at radius 3 is 2.52 bits per heavy atom. The van der Waals surface area contributed by atoms with Crippen LogP contribution in [0.2, 0.25) is 5.02 Å². The molecule has 1 N–H and O–H groups in total. The number of anilines is 1. The van der Waals surface area contributed by atoms with E-state index in [9.17, 15) is 26.7 Å². The van der Waals surface area contributed by atoms with E-state index in [4.69, 9.17) is 16.3 Å². The third-order valence-electron chi connectivity index (χ3n) is 3.36. The van der Waals surface area contributed by atoms with Crippen LogP contribution in [0.4, 0.5) is 27.6 Å². The molecule has 0 unspecified atom stereocenters. The summed E-state index contributed by atoms with van der Waals surface area (Å²) in [5.74, 6) is -1.02. The maximum atomic E-state index is 12.8. The Labute approximate surface area is 154 Å². The van der Waals surface area contributed by atoms with Gasteiger partial charge in [-0.15, -0.1) is 0 Å². The second kappa shape index (κ2) is 7.99. The molecule has 0 aliphatic heterocycles. The lowest BCUT2D eigenvalue weighted by Gasteiger charge is -2.12. The number of nitrogens with one attached hydrogen (secondary N) is 1. The molecule has 2 rings (SSSR count). The fourth-order valence-electron chi connectivity index (χ4n) is 2.13. The molecule has 0 aliphatic rings. The molecule has 12 heteroatoms. The van der Waals surface area contributed by atoms with Gasteiger partial charge in [-0.2, -0.15) is 27.1 Å². The minimum atomic E-state index is -4.75. The number of halogens is 6. The van der Waals surface area contributed by atoms with E-state index >= 15 is 0 Å². The van der Waals surface area contributed by atoms with Crippen molar-refractivity contribution in [1.82, 2.24) is 9.78 Å². The van der Waals surface area contributed by atoms with Crippen LogP contribution in [-0.2, 0) is 17.5 Å². The molecule has 2 aromatic rings. The molecule has 0 spiro atoms. The maximum Gasteiger partial charge on any atom is 0.436 e. The van der Waals surface area contributed by atoms with Crippen LogP contribution >= 0.6 is 11.6 Å². The van der Waals surface area contributed by atoms with Crippen LogP contribution in [0, 0.1) is 6.92 Å². The number of alkyl halides is 5. The summed E-state index contributed by atoms with van der Waals surface area (Å²) >= 11 is 5.61. The first-order valence-electron chi connectivity index (χ1n) is 7.25. The number of nitrogens with zero attached hydrogens (tertiary/aromatic N) is 2. The van der Waals surface area contributed by atoms with Gasteiger partial charge in [-0.25, -0.2) is 0 Å². The number of amides is 1. The number of aromatic nitrogens is 2. The lowest BCUT2D eigenvalue weighted by atomic mass is 10.2. The van der Waals surface area contributed by atoms with Gasteiger partial charge in [-0.05, 0) is 19.1 Å². The smallest absolute Gasteiger partial charge is 0.436 e. The second-order valence-electron chi connectivity index (χ2n) is 5.20. The molecule has 0 saturated heterocycles.